The minimum atomic E-state index is -1.07. The predicted octanol–water partition coefficient (Wildman–Crippen LogP) is 4.68. The SMILES string of the molecule is Cc1cc(O)cc(C)c1CC(NC(=O)OC(C)(C)C)C(=O)NC(C)C(=O)NCC(Cc1ccccc1)NC(=O)OCC1=CCCC=C1. The van der Waals surface area contributed by atoms with Crippen LogP contribution >= 0.6 is 0 Å². The average Bonchev–Trinajstić information content (AvgIpc) is 2.99. The van der Waals surface area contributed by atoms with Crippen LogP contribution < -0.4 is 21.3 Å². The van der Waals surface area contributed by atoms with E-state index < -0.39 is 47.7 Å². The normalized spacial score (nSPS) is 14.6. The largest absolute Gasteiger partial charge is 0.508 e. The van der Waals surface area contributed by atoms with Gasteiger partial charge < -0.3 is 35.8 Å². The maximum absolute atomic E-state index is 13.5. The highest BCUT2D eigenvalue weighted by molar-refractivity contribution is 5.91. The summed E-state index contributed by atoms with van der Waals surface area (Å²) >= 11 is 0. The van der Waals surface area contributed by atoms with Crippen molar-refractivity contribution >= 4 is 24.0 Å². The molecule has 3 unspecified atom stereocenters. The third kappa shape index (κ3) is 12.8. The Bertz CT molecular complexity index is 1440. The number of amides is 4. The number of rotatable bonds is 13. The van der Waals surface area contributed by atoms with Crippen LogP contribution in [0.15, 0.2) is 66.3 Å². The van der Waals surface area contributed by atoms with Gasteiger partial charge in [-0.3, -0.25) is 9.59 Å². The third-order valence-corrected chi connectivity index (χ3v) is 7.46. The number of phenols is 1. The Balaban J connectivity index is 1.65. The first-order chi connectivity index (χ1) is 22.2. The number of phenolic OH excluding ortho intramolecular Hbond substituents is 1. The Morgan fingerprint density at radius 2 is 1.57 bits per heavy atom. The molecule has 254 valence electrons. The Hall–Kier alpha value is -4.80. The molecule has 0 aliphatic heterocycles. The smallest absolute Gasteiger partial charge is 0.408 e. The highest BCUT2D eigenvalue weighted by Gasteiger charge is 2.28. The monoisotopic (exact) mass is 648 g/mol. The van der Waals surface area contributed by atoms with E-state index in [-0.39, 0.29) is 25.3 Å². The van der Waals surface area contributed by atoms with Crippen molar-refractivity contribution in [3.63, 3.8) is 0 Å². The number of aryl methyl sites for hydroxylation is 2. The number of hydrogen-bond acceptors (Lipinski definition) is 7. The van der Waals surface area contributed by atoms with Gasteiger partial charge in [-0.15, -0.1) is 0 Å². The van der Waals surface area contributed by atoms with E-state index >= 15 is 0 Å². The van der Waals surface area contributed by atoms with Gasteiger partial charge in [-0.25, -0.2) is 9.59 Å². The van der Waals surface area contributed by atoms with E-state index in [4.69, 9.17) is 9.47 Å². The van der Waals surface area contributed by atoms with Gasteiger partial charge in [0, 0.05) is 13.0 Å². The van der Waals surface area contributed by atoms with Crippen LogP contribution in [-0.4, -0.2) is 66.0 Å². The Kier molecular flexibility index (Phi) is 13.4. The van der Waals surface area contributed by atoms with Crippen molar-refractivity contribution in [3.05, 3.63) is 88.5 Å². The Morgan fingerprint density at radius 1 is 0.894 bits per heavy atom. The van der Waals surface area contributed by atoms with Gasteiger partial charge in [0.1, 0.15) is 30.0 Å². The van der Waals surface area contributed by atoms with E-state index in [1.165, 1.54) is 6.92 Å². The quantitative estimate of drug-likeness (QED) is 0.211. The van der Waals surface area contributed by atoms with E-state index in [1.54, 1.807) is 46.8 Å². The first kappa shape index (κ1) is 36.7. The number of carbonyl (C=O) groups is 4. The predicted molar refractivity (Wildman–Crippen MR) is 180 cm³/mol. The second kappa shape index (κ2) is 17.2. The number of alkyl carbamates (subject to hydrolysis) is 2. The molecular weight excluding hydrogens is 600 g/mol. The number of hydrogen-bond donors (Lipinski definition) is 5. The summed E-state index contributed by atoms with van der Waals surface area (Å²) in [4.78, 5) is 52.0. The minimum absolute atomic E-state index is 0.0805. The molecule has 0 aromatic heterocycles. The first-order valence-corrected chi connectivity index (χ1v) is 15.9. The van der Waals surface area contributed by atoms with Crippen molar-refractivity contribution in [2.24, 2.45) is 0 Å². The number of aromatic hydroxyl groups is 1. The van der Waals surface area contributed by atoms with Crippen LogP contribution in [0.2, 0.25) is 0 Å². The van der Waals surface area contributed by atoms with Gasteiger partial charge in [-0.05, 0) is 101 Å². The summed E-state index contributed by atoms with van der Waals surface area (Å²) in [5.41, 5.74) is 3.37. The lowest BCUT2D eigenvalue weighted by atomic mass is 9.95. The van der Waals surface area contributed by atoms with Gasteiger partial charge in [-0.1, -0.05) is 48.6 Å². The summed E-state index contributed by atoms with van der Waals surface area (Å²) in [6.45, 7) is 10.5. The van der Waals surface area contributed by atoms with Crippen LogP contribution in [0.25, 0.3) is 0 Å². The van der Waals surface area contributed by atoms with Crippen molar-refractivity contribution in [2.75, 3.05) is 13.2 Å². The summed E-state index contributed by atoms with van der Waals surface area (Å²) < 4.78 is 10.8. The van der Waals surface area contributed by atoms with Crippen molar-refractivity contribution < 1.29 is 33.8 Å². The summed E-state index contributed by atoms with van der Waals surface area (Å²) in [7, 11) is 0. The second-order valence-electron chi connectivity index (χ2n) is 12.8. The van der Waals surface area contributed by atoms with Crippen LogP contribution in [-0.2, 0) is 31.9 Å². The number of nitrogens with one attached hydrogen (secondary N) is 4. The topological polar surface area (TPSA) is 155 Å². The van der Waals surface area contributed by atoms with Crippen LogP contribution in [0.4, 0.5) is 9.59 Å². The zero-order valence-corrected chi connectivity index (χ0v) is 28.1. The molecule has 11 heteroatoms. The lowest BCUT2D eigenvalue weighted by Crippen LogP contribution is -2.55. The first-order valence-electron chi connectivity index (χ1n) is 15.9. The standard InChI is InChI=1S/C36H48N4O7/c1-23-17-29(41)18-24(2)30(23)20-31(40-35(45)47-36(4,5)6)33(43)38-25(3)32(42)37-21-28(19-26-13-9-7-10-14-26)39-34(44)46-22-27-15-11-8-12-16-27/h7,9-11,13-18,25,28,31,41H,8,12,19-22H2,1-6H3,(H,37,42)(H,38,43)(H,39,44)(H,40,45). The second-order valence-corrected chi connectivity index (χ2v) is 12.8. The van der Waals surface area contributed by atoms with Crippen LogP contribution in [0.1, 0.15) is 62.8 Å². The molecule has 5 N–H and O–H groups in total. The zero-order valence-electron chi connectivity index (χ0n) is 28.1. The number of carbonyl (C=O) groups excluding carboxylic acids is 4. The molecule has 3 rings (SSSR count). The summed E-state index contributed by atoms with van der Waals surface area (Å²) in [5, 5.41) is 21.0. The molecule has 11 nitrogen and oxygen atoms in total. The van der Waals surface area contributed by atoms with Crippen molar-refractivity contribution in [1.29, 1.82) is 0 Å². The molecule has 2 aromatic carbocycles. The van der Waals surface area contributed by atoms with Crippen LogP contribution in [0.5, 0.6) is 5.75 Å². The molecule has 3 atom stereocenters. The number of ether oxygens (including phenoxy) is 2. The highest BCUT2D eigenvalue weighted by Crippen LogP contribution is 2.22. The lowest BCUT2D eigenvalue weighted by Gasteiger charge is -2.25. The number of allylic oxidation sites excluding steroid dienone is 2. The highest BCUT2D eigenvalue weighted by atomic mass is 16.6. The van der Waals surface area contributed by atoms with Gasteiger partial charge in [0.25, 0.3) is 0 Å². The summed E-state index contributed by atoms with van der Waals surface area (Å²) in [6, 6.07) is 10.2. The third-order valence-electron chi connectivity index (χ3n) is 7.46. The molecular formula is C36H48N4O7. The molecule has 0 heterocycles. The zero-order chi connectivity index (χ0) is 34.6. The maximum Gasteiger partial charge on any atom is 0.408 e. The van der Waals surface area contributed by atoms with E-state index in [2.05, 4.69) is 21.3 Å². The Morgan fingerprint density at radius 3 is 2.19 bits per heavy atom. The molecule has 0 spiro atoms. The fourth-order valence-electron chi connectivity index (χ4n) is 5.12. The molecule has 0 saturated heterocycles. The molecule has 0 radical (unpaired) electrons. The molecule has 2 aromatic rings. The average molecular weight is 649 g/mol. The molecule has 0 bridgehead atoms. The van der Waals surface area contributed by atoms with Gasteiger partial charge in [0.2, 0.25) is 11.8 Å². The van der Waals surface area contributed by atoms with E-state index in [0.717, 1.165) is 40.7 Å². The summed E-state index contributed by atoms with van der Waals surface area (Å²) in [5.74, 6) is -0.960. The molecule has 1 aliphatic carbocycles. The maximum atomic E-state index is 13.5. The van der Waals surface area contributed by atoms with Crippen LogP contribution in [0.3, 0.4) is 0 Å². The van der Waals surface area contributed by atoms with Gasteiger partial charge in [0.05, 0.1) is 6.04 Å². The molecule has 0 saturated carbocycles. The van der Waals surface area contributed by atoms with Gasteiger partial charge in [-0.2, -0.15) is 0 Å². The molecule has 1 aliphatic rings. The van der Waals surface area contributed by atoms with Crippen LogP contribution in [0, 0.1) is 13.8 Å². The fraction of sp³-hybridized carbons (Fsp3) is 0.444. The van der Waals surface area contributed by atoms with Crippen molar-refractivity contribution in [1.82, 2.24) is 21.3 Å². The molecule has 0 fully saturated rings. The van der Waals surface area contributed by atoms with E-state index in [9.17, 15) is 24.3 Å². The molecule has 4 amide bonds. The van der Waals surface area contributed by atoms with Gasteiger partial charge >= 0.3 is 12.2 Å². The van der Waals surface area contributed by atoms with E-state index in [1.807, 2.05) is 48.6 Å². The molecule has 47 heavy (non-hydrogen) atoms. The fourth-order valence-corrected chi connectivity index (χ4v) is 5.12. The van der Waals surface area contributed by atoms with Crippen molar-refractivity contribution in [3.8, 4) is 5.75 Å². The van der Waals surface area contributed by atoms with Gasteiger partial charge in [0.15, 0.2) is 0 Å². The number of benzene rings is 2. The summed E-state index contributed by atoms with van der Waals surface area (Å²) in [6.07, 6.45) is 7.05. The van der Waals surface area contributed by atoms with E-state index in [0.29, 0.717) is 6.42 Å². The lowest BCUT2D eigenvalue weighted by molar-refractivity contribution is -0.129. The Labute approximate surface area is 277 Å². The van der Waals surface area contributed by atoms with Crippen molar-refractivity contribution in [2.45, 2.75) is 91.0 Å². The minimum Gasteiger partial charge on any atom is -0.508 e.